The smallest absolute Gasteiger partial charge is 0.230 e. The van der Waals surface area contributed by atoms with E-state index in [0.717, 1.165) is 24.9 Å². The highest BCUT2D eigenvalue weighted by molar-refractivity contribution is 7.88. The minimum absolute atomic E-state index is 0.0914. The molecule has 0 aromatic carbocycles. The van der Waals surface area contributed by atoms with E-state index in [-0.39, 0.29) is 5.91 Å². The van der Waals surface area contributed by atoms with Crippen LogP contribution >= 0.6 is 0 Å². The van der Waals surface area contributed by atoms with Crippen molar-refractivity contribution in [2.45, 2.75) is 25.8 Å². The molecule has 22 heavy (non-hydrogen) atoms. The van der Waals surface area contributed by atoms with Crippen LogP contribution in [0.3, 0.4) is 0 Å². The molecule has 0 aliphatic carbocycles. The number of pyridine rings is 1. The third-order valence-electron chi connectivity index (χ3n) is 4.71. The van der Waals surface area contributed by atoms with Crippen molar-refractivity contribution in [3.05, 3.63) is 30.1 Å². The maximum absolute atomic E-state index is 12.9. The summed E-state index contributed by atoms with van der Waals surface area (Å²) in [4.78, 5) is 18.8. The van der Waals surface area contributed by atoms with Crippen LogP contribution in [0.25, 0.3) is 0 Å². The number of carbonyl (C=O) groups is 1. The highest BCUT2D eigenvalue weighted by Crippen LogP contribution is 2.41. The Morgan fingerprint density at radius 2 is 2.14 bits per heavy atom. The van der Waals surface area contributed by atoms with E-state index >= 15 is 0 Å². The van der Waals surface area contributed by atoms with Crippen LogP contribution in [0.1, 0.15) is 24.8 Å². The molecule has 0 saturated carbocycles. The van der Waals surface area contributed by atoms with Gasteiger partial charge in [0.05, 0.1) is 11.7 Å². The Bertz CT molecular complexity index is 662. The summed E-state index contributed by atoms with van der Waals surface area (Å²) in [5.74, 6) is 0.0914. The highest BCUT2D eigenvalue weighted by Gasteiger charge is 2.50. The second-order valence-corrected chi connectivity index (χ2v) is 8.30. The van der Waals surface area contributed by atoms with E-state index < -0.39 is 15.4 Å². The van der Waals surface area contributed by atoms with E-state index in [1.165, 1.54) is 10.6 Å². The maximum atomic E-state index is 12.9. The largest absolute Gasteiger partial charge is 0.338 e. The first kappa shape index (κ1) is 15.4. The zero-order chi connectivity index (χ0) is 15.8. The van der Waals surface area contributed by atoms with Crippen molar-refractivity contribution in [3.63, 3.8) is 0 Å². The Kier molecular flexibility index (Phi) is 3.94. The maximum Gasteiger partial charge on any atom is 0.230 e. The molecule has 1 spiro atoms. The van der Waals surface area contributed by atoms with Gasteiger partial charge in [-0.05, 0) is 30.9 Å². The van der Waals surface area contributed by atoms with E-state index in [4.69, 9.17) is 0 Å². The first-order chi connectivity index (χ1) is 10.4. The van der Waals surface area contributed by atoms with Crippen LogP contribution in [0.15, 0.2) is 24.5 Å². The molecule has 2 aliphatic rings. The molecule has 1 amide bonds. The number of nitrogens with zero attached hydrogens (tertiary/aromatic N) is 3. The number of aromatic nitrogens is 1. The van der Waals surface area contributed by atoms with Crippen molar-refractivity contribution in [2.24, 2.45) is 5.41 Å². The first-order valence-electron chi connectivity index (χ1n) is 7.54. The van der Waals surface area contributed by atoms with Gasteiger partial charge in [0.1, 0.15) is 0 Å². The molecular weight excluding hydrogens is 302 g/mol. The van der Waals surface area contributed by atoms with Gasteiger partial charge in [-0.3, -0.25) is 9.78 Å². The lowest BCUT2D eigenvalue weighted by Crippen LogP contribution is -2.49. The molecule has 0 radical (unpaired) electrons. The summed E-state index contributed by atoms with van der Waals surface area (Å²) < 4.78 is 24.9. The number of hydrogen-bond donors (Lipinski definition) is 0. The van der Waals surface area contributed by atoms with Crippen LogP contribution in [-0.4, -0.2) is 54.4 Å². The minimum atomic E-state index is -3.23. The molecule has 2 aliphatic heterocycles. The van der Waals surface area contributed by atoms with E-state index in [0.29, 0.717) is 26.1 Å². The van der Waals surface area contributed by atoms with Gasteiger partial charge in [0.15, 0.2) is 0 Å². The third kappa shape index (κ3) is 2.87. The Balaban J connectivity index is 1.76. The van der Waals surface area contributed by atoms with E-state index in [2.05, 4.69) is 4.98 Å². The molecule has 6 nitrogen and oxygen atoms in total. The predicted molar refractivity (Wildman–Crippen MR) is 82.4 cm³/mol. The second kappa shape index (κ2) is 5.62. The minimum Gasteiger partial charge on any atom is -0.338 e. The zero-order valence-corrected chi connectivity index (χ0v) is 13.6. The van der Waals surface area contributed by atoms with Crippen LogP contribution in [0, 0.1) is 5.41 Å². The number of carbonyl (C=O) groups excluding carboxylic acids is 1. The summed E-state index contributed by atoms with van der Waals surface area (Å²) in [6.07, 6.45) is 7.02. The highest BCUT2D eigenvalue weighted by atomic mass is 32.2. The number of likely N-dealkylation sites (tertiary alicyclic amines) is 1. The Morgan fingerprint density at radius 1 is 1.32 bits per heavy atom. The van der Waals surface area contributed by atoms with Gasteiger partial charge in [-0.1, -0.05) is 6.07 Å². The fourth-order valence-electron chi connectivity index (χ4n) is 3.51. The summed E-state index contributed by atoms with van der Waals surface area (Å²) in [5, 5.41) is 0. The summed E-state index contributed by atoms with van der Waals surface area (Å²) in [6, 6.07) is 3.82. The summed E-state index contributed by atoms with van der Waals surface area (Å²) in [6.45, 7) is 2.06. The van der Waals surface area contributed by atoms with Crippen molar-refractivity contribution in [1.82, 2.24) is 14.2 Å². The molecule has 0 unspecified atom stereocenters. The van der Waals surface area contributed by atoms with Gasteiger partial charge in [-0.2, -0.15) is 0 Å². The SMILES string of the molecule is CS(=O)(=O)N1CC[C@]2(CCCN(Cc3cccnc3)C2=O)C1. The molecule has 1 atom stereocenters. The number of amides is 1. The van der Waals surface area contributed by atoms with E-state index in [1.807, 2.05) is 17.0 Å². The zero-order valence-electron chi connectivity index (χ0n) is 12.7. The standard InChI is InChI=1S/C15H21N3O3S/c1-22(20,21)18-9-6-15(12-18)5-3-8-17(14(15)19)11-13-4-2-7-16-10-13/h2,4,7,10H,3,5-6,8-9,11-12H2,1H3/t15-/m1/s1. The molecule has 3 heterocycles. The Labute approximate surface area is 131 Å². The fourth-order valence-corrected chi connectivity index (χ4v) is 4.42. The lowest BCUT2D eigenvalue weighted by molar-refractivity contribution is -0.146. The lowest BCUT2D eigenvalue weighted by atomic mass is 9.78. The van der Waals surface area contributed by atoms with Gasteiger partial charge >= 0.3 is 0 Å². The number of hydrogen-bond acceptors (Lipinski definition) is 4. The molecule has 2 fully saturated rings. The van der Waals surface area contributed by atoms with Gasteiger partial charge in [0, 0.05) is 38.6 Å². The lowest BCUT2D eigenvalue weighted by Gasteiger charge is -2.39. The van der Waals surface area contributed by atoms with Crippen molar-refractivity contribution >= 4 is 15.9 Å². The normalized spacial score (nSPS) is 26.8. The average molecular weight is 323 g/mol. The van der Waals surface area contributed by atoms with Gasteiger partial charge in [0.25, 0.3) is 0 Å². The Morgan fingerprint density at radius 3 is 2.77 bits per heavy atom. The van der Waals surface area contributed by atoms with E-state index in [1.54, 1.807) is 12.4 Å². The van der Waals surface area contributed by atoms with Crippen LogP contribution in [0.4, 0.5) is 0 Å². The molecule has 7 heteroatoms. The summed E-state index contributed by atoms with van der Waals surface area (Å²) in [5.41, 5.74) is 0.481. The van der Waals surface area contributed by atoms with Crippen LogP contribution in [0.5, 0.6) is 0 Å². The quantitative estimate of drug-likeness (QED) is 0.827. The van der Waals surface area contributed by atoms with Gasteiger partial charge in [-0.15, -0.1) is 0 Å². The van der Waals surface area contributed by atoms with E-state index in [9.17, 15) is 13.2 Å². The second-order valence-electron chi connectivity index (χ2n) is 6.32. The third-order valence-corrected chi connectivity index (χ3v) is 5.96. The van der Waals surface area contributed by atoms with Gasteiger partial charge in [-0.25, -0.2) is 12.7 Å². The van der Waals surface area contributed by atoms with Gasteiger partial charge < -0.3 is 4.90 Å². The molecule has 2 saturated heterocycles. The molecule has 1 aromatic rings. The van der Waals surface area contributed by atoms with Crippen molar-refractivity contribution in [3.8, 4) is 0 Å². The van der Waals surface area contributed by atoms with Gasteiger partial charge in [0.2, 0.25) is 15.9 Å². The molecule has 0 bridgehead atoms. The molecule has 1 aromatic heterocycles. The van der Waals surface area contributed by atoms with Crippen molar-refractivity contribution in [2.75, 3.05) is 25.9 Å². The predicted octanol–water partition coefficient (Wildman–Crippen LogP) is 0.856. The monoisotopic (exact) mass is 323 g/mol. The molecule has 0 N–H and O–H groups in total. The number of piperidine rings is 1. The Hall–Kier alpha value is -1.47. The molecule has 3 rings (SSSR count). The topological polar surface area (TPSA) is 70.6 Å². The molecule has 120 valence electrons. The fraction of sp³-hybridized carbons (Fsp3) is 0.600. The summed E-state index contributed by atoms with van der Waals surface area (Å²) in [7, 11) is -3.23. The average Bonchev–Trinajstić information content (AvgIpc) is 2.91. The molecular formula is C15H21N3O3S. The summed E-state index contributed by atoms with van der Waals surface area (Å²) >= 11 is 0. The number of rotatable bonds is 3. The van der Waals surface area contributed by atoms with Crippen LogP contribution in [-0.2, 0) is 21.4 Å². The first-order valence-corrected chi connectivity index (χ1v) is 9.39. The van der Waals surface area contributed by atoms with Crippen LogP contribution in [0.2, 0.25) is 0 Å². The van der Waals surface area contributed by atoms with Crippen molar-refractivity contribution in [1.29, 1.82) is 0 Å². The van der Waals surface area contributed by atoms with Crippen molar-refractivity contribution < 1.29 is 13.2 Å². The van der Waals surface area contributed by atoms with Crippen LogP contribution < -0.4 is 0 Å². The number of sulfonamides is 1.